The highest BCUT2D eigenvalue weighted by atomic mass is 32.1. The summed E-state index contributed by atoms with van der Waals surface area (Å²) >= 11 is 5.76. The Kier molecular flexibility index (Phi) is 7.05. The molecule has 1 aliphatic rings. The van der Waals surface area contributed by atoms with Crippen molar-refractivity contribution in [3.8, 4) is 0 Å². The fourth-order valence-electron chi connectivity index (χ4n) is 4.89. The average molecular weight is 518 g/mol. The first kappa shape index (κ1) is 24.7. The van der Waals surface area contributed by atoms with Gasteiger partial charge in [0.15, 0.2) is 5.11 Å². The first-order chi connectivity index (χ1) is 17.9. The molecule has 190 valence electrons. The van der Waals surface area contributed by atoms with E-state index in [4.69, 9.17) is 16.6 Å². The third-order valence-electron chi connectivity index (χ3n) is 6.73. The van der Waals surface area contributed by atoms with Crippen molar-refractivity contribution in [2.24, 2.45) is 0 Å². The minimum absolute atomic E-state index is 0.155. The van der Waals surface area contributed by atoms with Gasteiger partial charge in [0.05, 0.1) is 30.6 Å². The van der Waals surface area contributed by atoms with E-state index in [1.54, 1.807) is 24.6 Å². The average Bonchev–Trinajstić information content (AvgIpc) is 3.60. The molecule has 0 saturated carbocycles. The van der Waals surface area contributed by atoms with Crippen LogP contribution >= 0.6 is 12.2 Å². The van der Waals surface area contributed by atoms with Crippen LogP contribution in [0, 0.1) is 19.7 Å². The molecule has 0 bridgehead atoms. The van der Waals surface area contributed by atoms with E-state index in [2.05, 4.69) is 45.0 Å². The third kappa shape index (κ3) is 5.27. The van der Waals surface area contributed by atoms with E-state index >= 15 is 0 Å². The maximum atomic E-state index is 13.2. The van der Waals surface area contributed by atoms with Crippen LogP contribution in [0.25, 0.3) is 0 Å². The second-order valence-electron chi connectivity index (χ2n) is 9.12. The monoisotopic (exact) mass is 517 g/mol. The molecule has 0 unspecified atom stereocenters. The van der Waals surface area contributed by atoms with Gasteiger partial charge in [-0.25, -0.2) is 4.39 Å². The number of hydrogen-bond acceptors (Lipinski definition) is 4. The Morgan fingerprint density at radius 3 is 2.68 bits per heavy atom. The highest BCUT2D eigenvalue weighted by Gasteiger charge is 2.41. The SMILES string of the molecule is Cc1cc([C@@H]2[C@H](c3ccccn3)NC(=S)N2CCC(=O)Nc2ccc(F)cc2)c(C)n1Cc1ccco1. The Balaban J connectivity index is 1.42. The summed E-state index contributed by atoms with van der Waals surface area (Å²) in [6, 6.07) is 17.3. The number of anilines is 1. The van der Waals surface area contributed by atoms with Crippen molar-refractivity contribution in [3.63, 3.8) is 0 Å². The van der Waals surface area contributed by atoms with Crippen molar-refractivity contribution < 1.29 is 13.6 Å². The van der Waals surface area contributed by atoms with Gasteiger partial charge in [0.25, 0.3) is 0 Å². The van der Waals surface area contributed by atoms with Gasteiger partial charge in [0.1, 0.15) is 11.6 Å². The van der Waals surface area contributed by atoms with Crippen LogP contribution in [0.2, 0.25) is 0 Å². The van der Waals surface area contributed by atoms with Crippen molar-refractivity contribution in [2.45, 2.75) is 38.9 Å². The normalized spacial score (nSPS) is 17.2. The van der Waals surface area contributed by atoms with E-state index < -0.39 is 0 Å². The molecule has 3 aromatic heterocycles. The molecular weight excluding hydrogens is 489 g/mol. The molecule has 2 atom stereocenters. The van der Waals surface area contributed by atoms with Crippen molar-refractivity contribution in [3.05, 3.63) is 107 Å². The second kappa shape index (κ2) is 10.6. The van der Waals surface area contributed by atoms with E-state index in [9.17, 15) is 9.18 Å². The summed E-state index contributed by atoms with van der Waals surface area (Å²) in [5.74, 6) is 0.362. The molecule has 0 spiro atoms. The molecule has 4 aromatic rings. The number of aromatic nitrogens is 2. The molecule has 5 rings (SSSR count). The highest BCUT2D eigenvalue weighted by Crippen LogP contribution is 2.41. The number of benzene rings is 1. The van der Waals surface area contributed by atoms with Crippen molar-refractivity contribution >= 4 is 28.9 Å². The number of carbonyl (C=O) groups excluding carboxylic acids is 1. The lowest BCUT2D eigenvalue weighted by Gasteiger charge is -2.28. The molecule has 1 aliphatic heterocycles. The summed E-state index contributed by atoms with van der Waals surface area (Å²) in [6.45, 7) is 5.22. The van der Waals surface area contributed by atoms with E-state index in [1.165, 1.54) is 12.1 Å². The number of halogens is 1. The molecular formula is C28H28FN5O2S. The highest BCUT2D eigenvalue weighted by molar-refractivity contribution is 7.80. The first-order valence-corrected chi connectivity index (χ1v) is 12.5. The molecule has 37 heavy (non-hydrogen) atoms. The van der Waals surface area contributed by atoms with Crippen LogP contribution in [-0.4, -0.2) is 32.0 Å². The fourth-order valence-corrected chi connectivity index (χ4v) is 5.22. The van der Waals surface area contributed by atoms with Crippen LogP contribution < -0.4 is 10.6 Å². The number of nitrogens with zero attached hydrogens (tertiary/aromatic N) is 3. The minimum Gasteiger partial charge on any atom is -0.467 e. The smallest absolute Gasteiger partial charge is 0.226 e. The van der Waals surface area contributed by atoms with Crippen LogP contribution in [0.3, 0.4) is 0 Å². The Labute approximate surface area is 220 Å². The number of thiocarbonyl (C=S) groups is 1. The molecule has 4 heterocycles. The molecule has 7 nitrogen and oxygen atoms in total. The zero-order valence-electron chi connectivity index (χ0n) is 20.6. The van der Waals surface area contributed by atoms with Gasteiger partial charge >= 0.3 is 0 Å². The minimum atomic E-state index is -0.348. The van der Waals surface area contributed by atoms with Crippen LogP contribution in [-0.2, 0) is 11.3 Å². The van der Waals surface area contributed by atoms with E-state index in [1.807, 2.05) is 30.3 Å². The number of rotatable bonds is 8. The van der Waals surface area contributed by atoms with Gasteiger partial charge in [-0.15, -0.1) is 0 Å². The number of nitrogens with one attached hydrogen (secondary N) is 2. The Bertz CT molecular complexity index is 1390. The summed E-state index contributed by atoms with van der Waals surface area (Å²) in [5.41, 5.74) is 4.76. The van der Waals surface area contributed by atoms with Crippen LogP contribution in [0.1, 0.15) is 46.9 Å². The summed E-state index contributed by atoms with van der Waals surface area (Å²) in [7, 11) is 0. The first-order valence-electron chi connectivity index (χ1n) is 12.1. The molecule has 1 fully saturated rings. The number of pyridine rings is 1. The predicted octanol–water partition coefficient (Wildman–Crippen LogP) is 5.28. The summed E-state index contributed by atoms with van der Waals surface area (Å²) in [6.07, 6.45) is 3.67. The lowest BCUT2D eigenvalue weighted by atomic mass is 9.96. The van der Waals surface area contributed by atoms with Gasteiger partial charge in [0.2, 0.25) is 5.91 Å². The largest absolute Gasteiger partial charge is 0.467 e. The van der Waals surface area contributed by atoms with Gasteiger partial charge in [-0.2, -0.15) is 0 Å². The third-order valence-corrected chi connectivity index (χ3v) is 7.08. The van der Waals surface area contributed by atoms with Crippen LogP contribution in [0.4, 0.5) is 10.1 Å². The number of amides is 1. The number of hydrogen-bond donors (Lipinski definition) is 2. The van der Waals surface area contributed by atoms with Gasteiger partial charge in [0, 0.05) is 36.2 Å². The topological polar surface area (TPSA) is 75.3 Å². The number of aryl methyl sites for hydroxylation is 1. The summed E-state index contributed by atoms with van der Waals surface area (Å²) in [5, 5.41) is 6.85. The zero-order valence-corrected chi connectivity index (χ0v) is 21.5. The quantitative estimate of drug-likeness (QED) is 0.310. The summed E-state index contributed by atoms with van der Waals surface area (Å²) in [4.78, 5) is 19.4. The van der Waals surface area contributed by atoms with E-state index in [-0.39, 0.29) is 30.2 Å². The van der Waals surface area contributed by atoms with Crippen molar-refractivity contribution in [1.82, 2.24) is 19.8 Å². The van der Waals surface area contributed by atoms with Gasteiger partial charge in [-0.3, -0.25) is 9.78 Å². The molecule has 1 saturated heterocycles. The molecule has 1 amide bonds. The Hall–Kier alpha value is -3.98. The lowest BCUT2D eigenvalue weighted by molar-refractivity contribution is -0.116. The van der Waals surface area contributed by atoms with Crippen molar-refractivity contribution in [1.29, 1.82) is 0 Å². The van der Waals surface area contributed by atoms with Gasteiger partial charge in [-0.1, -0.05) is 6.07 Å². The number of carbonyl (C=O) groups is 1. The van der Waals surface area contributed by atoms with E-state index in [0.717, 1.165) is 28.4 Å². The van der Waals surface area contributed by atoms with E-state index in [0.29, 0.717) is 23.9 Å². The zero-order chi connectivity index (χ0) is 25.9. The van der Waals surface area contributed by atoms with Crippen molar-refractivity contribution in [2.75, 3.05) is 11.9 Å². The van der Waals surface area contributed by atoms with Gasteiger partial charge in [-0.05, 0) is 86.2 Å². The lowest BCUT2D eigenvalue weighted by Crippen LogP contribution is -2.33. The van der Waals surface area contributed by atoms with Crippen LogP contribution in [0.5, 0.6) is 0 Å². The number of furan rings is 1. The maximum Gasteiger partial charge on any atom is 0.226 e. The standard InChI is InChI=1S/C28H28FN5O2S/c1-18-16-23(19(2)34(18)17-22-6-5-15-36-22)27-26(24-7-3-4-13-30-24)32-28(37)33(27)14-12-25(35)31-21-10-8-20(29)9-11-21/h3-11,13,15-16,26-27H,12,14,17H2,1-2H3,(H,31,35)(H,32,37)/t26-,27+/m0/s1. The summed E-state index contributed by atoms with van der Waals surface area (Å²) < 4.78 is 21.0. The predicted molar refractivity (Wildman–Crippen MR) is 144 cm³/mol. The molecule has 0 aliphatic carbocycles. The Morgan fingerprint density at radius 2 is 1.97 bits per heavy atom. The maximum absolute atomic E-state index is 13.2. The fraction of sp³-hybridized carbons (Fsp3) is 0.250. The molecule has 2 N–H and O–H groups in total. The molecule has 0 radical (unpaired) electrons. The van der Waals surface area contributed by atoms with Gasteiger partial charge < -0.3 is 24.5 Å². The molecule has 1 aromatic carbocycles. The molecule has 9 heteroatoms. The van der Waals surface area contributed by atoms with Crippen LogP contribution in [0.15, 0.2) is 77.5 Å². The second-order valence-corrected chi connectivity index (χ2v) is 9.50. The Morgan fingerprint density at radius 1 is 1.16 bits per heavy atom.